The first-order valence-electron chi connectivity index (χ1n) is 9.02. The van der Waals surface area contributed by atoms with Crippen molar-refractivity contribution in [3.05, 3.63) is 48.5 Å². The van der Waals surface area contributed by atoms with Gasteiger partial charge in [0.05, 0.1) is 24.9 Å². The van der Waals surface area contributed by atoms with E-state index in [1.54, 1.807) is 53.4 Å². The van der Waals surface area contributed by atoms with Gasteiger partial charge in [0, 0.05) is 24.3 Å². The summed E-state index contributed by atoms with van der Waals surface area (Å²) in [6.45, 7) is 0.522. The van der Waals surface area contributed by atoms with Crippen LogP contribution in [0.15, 0.2) is 53.4 Å². The van der Waals surface area contributed by atoms with Gasteiger partial charge in [-0.3, -0.25) is 0 Å². The standard InChI is InChI=1S/C20H24N2O5S/c1-26-18-11-10-15(13-19(18)27-2)21-20(23)22-12-6-7-16(22)14-28(24,25)17-8-4-3-5-9-17/h3-5,8-11,13,16H,6-7,12,14H2,1-2H3,(H,21,23). The lowest BCUT2D eigenvalue weighted by atomic mass is 10.2. The van der Waals surface area contributed by atoms with Crippen molar-refractivity contribution in [3.8, 4) is 11.5 Å². The minimum absolute atomic E-state index is 0.0869. The molecular formula is C20H24N2O5S. The maximum absolute atomic E-state index is 12.7. The minimum Gasteiger partial charge on any atom is -0.493 e. The average Bonchev–Trinajstić information content (AvgIpc) is 3.16. The number of nitrogens with one attached hydrogen (secondary N) is 1. The predicted octanol–water partition coefficient (Wildman–Crippen LogP) is 3.17. The molecule has 2 amide bonds. The van der Waals surface area contributed by atoms with Gasteiger partial charge in [-0.05, 0) is 37.1 Å². The molecule has 3 rings (SSSR count). The molecule has 1 heterocycles. The van der Waals surface area contributed by atoms with Crippen molar-refractivity contribution in [1.82, 2.24) is 4.90 Å². The molecular weight excluding hydrogens is 380 g/mol. The summed E-state index contributed by atoms with van der Waals surface area (Å²) in [5.41, 5.74) is 0.555. The maximum atomic E-state index is 12.7. The zero-order chi connectivity index (χ0) is 20.1. The molecule has 1 unspecified atom stereocenters. The first kappa shape index (κ1) is 20.0. The summed E-state index contributed by atoms with van der Waals surface area (Å²) < 4.78 is 35.8. The van der Waals surface area contributed by atoms with Crippen LogP contribution in [0.4, 0.5) is 10.5 Å². The minimum atomic E-state index is -3.46. The van der Waals surface area contributed by atoms with Gasteiger partial charge in [0.15, 0.2) is 21.3 Å². The van der Waals surface area contributed by atoms with Crippen LogP contribution in [0.3, 0.4) is 0 Å². The van der Waals surface area contributed by atoms with Gasteiger partial charge in [-0.1, -0.05) is 18.2 Å². The van der Waals surface area contributed by atoms with Crippen molar-refractivity contribution < 1.29 is 22.7 Å². The smallest absolute Gasteiger partial charge is 0.322 e. The summed E-state index contributed by atoms with van der Waals surface area (Å²) in [7, 11) is -0.399. The summed E-state index contributed by atoms with van der Waals surface area (Å²) in [6, 6.07) is 12.7. The van der Waals surface area contributed by atoms with Crippen LogP contribution < -0.4 is 14.8 Å². The lowest BCUT2D eigenvalue weighted by molar-refractivity contribution is 0.210. The van der Waals surface area contributed by atoms with Crippen molar-refractivity contribution in [2.24, 2.45) is 0 Å². The molecule has 2 aromatic rings. The van der Waals surface area contributed by atoms with Crippen molar-refractivity contribution in [1.29, 1.82) is 0 Å². The fraction of sp³-hybridized carbons (Fsp3) is 0.350. The molecule has 1 saturated heterocycles. The lowest BCUT2D eigenvalue weighted by Gasteiger charge is -2.25. The molecule has 1 aliphatic heterocycles. The van der Waals surface area contributed by atoms with Gasteiger partial charge >= 0.3 is 6.03 Å². The molecule has 1 fully saturated rings. The molecule has 1 N–H and O–H groups in total. The van der Waals surface area contributed by atoms with Crippen LogP contribution in [0.1, 0.15) is 12.8 Å². The topological polar surface area (TPSA) is 84.9 Å². The number of sulfone groups is 1. The number of hydrogen-bond donors (Lipinski definition) is 1. The molecule has 28 heavy (non-hydrogen) atoms. The highest BCUT2D eigenvalue weighted by atomic mass is 32.2. The molecule has 0 aliphatic carbocycles. The number of nitrogens with zero attached hydrogens (tertiary/aromatic N) is 1. The van der Waals surface area contributed by atoms with Gasteiger partial charge < -0.3 is 19.7 Å². The molecule has 0 saturated carbocycles. The molecule has 2 aromatic carbocycles. The van der Waals surface area contributed by atoms with Gasteiger partial charge in [-0.25, -0.2) is 13.2 Å². The van der Waals surface area contributed by atoms with Crippen molar-refractivity contribution in [3.63, 3.8) is 0 Å². The normalized spacial score (nSPS) is 16.6. The number of ether oxygens (including phenoxy) is 2. The van der Waals surface area contributed by atoms with Crippen LogP contribution in [-0.4, -0.2) is 51.9 Å². The fourth-order valence-corrected chi connectivity index (χ4v) is 4.98. The number of methoxy groups -OCH3 is 2. The average molecular weight is 404 g/mol. The van der Waals surface area contributed by atoms with E-state index >= 15 is 0 Å². The van der Waals surface area contributed by atoms with Crippen molar-refractivity contribution in [2.45, 2.75) is 23.8 Å². The summed E-state index contributed by atoms with van der Waals surface area (Å²) in [4.78, 5) is 14.6. The van der Waals surface area contributed by atoms with Gasteiger partial charge in [0.2, 0.25) is 0 Å². The fourth-order valence-electron chi connectivity index (χ4n) is 3.36. The Morgan fingerprint density at radius 1 is 1.11 bits per heavy atom. The first-order valence-corrected chi connectivity index (χ1v) is 10.7. The zero-order valence-corrected chi connectivity index (χ0v) is 16.7. The largest absolute Gasteiger partial charge is 0.493 e. The second kappa shape index (κ2) is 8.52. The second-order valence-electron chi connectivity index (χ2n) is 6.58. The summed E-state index contributed by atoms with van der Waals surface area (Å²) in [5.74, 6) is 0.981. The molecule has 8 heteroatoms. The monoisotopic (exact) mass is 404 g/mol. The number of carbonyl (C=O) groups is 1. The number of hydrogen-bond acceptors (Lipinski definition) is 5. The van der Waals surface area contributed by atoms with E-state index in [1.165, 1.54) is 14.2 Å². The Morgan fingerprint density at radius 2 is 1.82 bits per heavy atom. The highest BCUT2D eigenvalue weighted by Crippen LogP contribution is 2.30. The number of urea groups is 1. The Morgan fingerprint density at radius 3 is 2.50 bits per heavy atom. The molecule has 1 aliphatic rings. The van der Waals surface area contributed by atoms with Crippen LogP contribution >= 0.6 is 0 Å². The second-order valence-corrected chi connectivity index (χ2v) is 8.62. The van der Waals surface area contributed by atoms with Crippen LogP contribution in [-0.2, 0) is 9.84 Å². The van der Waals surface area contributed by atoms with Crippen LogP contribution in [0, 0.1) is 0 Å². The van der Waals surface area contributed by atoms with E-state index in [4.69, 9.17) is 9.47 Å². The lowest BCUT2D eigenvalue weighted by Crippen LogP contribution is -2.42. The number of anilines is 1. The van der Waals surface area contributed by atoms with E-state index in [-0.39, 0.29) is 22.7 Å². The Balaban J connectivity index is 1.71. The molecule has 0 aromatic heterocycles. The van der Waals surface area contributed by atoms with Gasteiger partial charge in [-0.2, -0.15) is 0 Å². The SMILES string of the molecule is COc1ccc(NC(=O)N2CCCC2CS(=O)(=O)c2ccccc2)cc1OC. The highest BCUT2D eigenvalue weighted by molar-refractivity contribution is 7.91. The molecule has 1 atom stereocenters. The molecule has 0 radical (unpaired) electrons. The Kier molecular flexibility index (Phi) is 6.08. The van der Waals surface area contributed by atoms with Gasteiger partial charge in [-0.15, -0.1) is 0 Å². The Labute approximate surface area is 165 Å². The zero-order valence-electron chi connectivity index (χ0n) is 15.9. The Hall–Kier alpha value is -2.74. The van der Waals surface area contributed by atoms with E-state index in [0.29, 0.717) is 30.2 Å². The molecule has 0 spiro atoms. The summed E-state index contributed by atoms with van der Waals surface area (Å²) >= 11 is 0. The maximum Gasteiger partial charge on any atom is 0.322 e. The summed E-state index contributed by atoms with van der Waals surface area (Å²) in [5, 5.41) is 2.82. The van der Waals surface area contributed by atoms with Gasteiger partial charge in [0.1, 0.15) is 0 Å². The molecule has 150 valence electrons. The van der Waals surface area contributed by atoms with Crippen molar-refractivity contribution in [2.75, 3.05) is 31.8 Å². The third-order valence-electron chi connectivity index (χ3n) is 4.79. The van der Waals surface area contributed by atoms with E-state index in [0.717, 1.165) is 6.42 Å². The number of rotatable bonds is 6. The van der Waals surface area contributed by atoms with E-state index < -0.39 is 9.84 Å². The third kappa shape index (κ3) is 4.39. The number of likely N-dealkylation sites (tertiary alicyclic amines) is 1. The van der Waals surface area contributed by atoms with Crippen molar-refractivity contribution >= 4 is 21.6 Å². The van der Waals surface area contributed by atoms with Gasteiger partial charge in [0.25, 0.3) is 0 Å². The van der Waals surface area contributed by atoms with Crippen LogP contribution in [0.5, 0.6) is 11.5 Å². The predicted molar refractivity (Wildman–Crippen MR) is 107 cm³/mol. The van der Waals surface area contributed by atoms with Crippen LogP contribution in [0.2, 0.25) is 0 Å². The van der Waals surface area contributed by atoms with Crippen LogP contribution in [0.25, 0.3) is 0 Å². The summed E-state index contributed by atoms with van der Waals surface area (Å²) in [6.07, 6.45) is 1.43. The highest BCUT2D eigenvalue weighted by Gasteiger charge is 2.33. The number of amides is 2. The quantitative estimate of drug-likeness (QED) is 0.799. The Bertz CT molecular complexity index is 931. The van der Waals surface area contributed by atoms with E-state index in [9.17, 15) is 13.2 Å². The molecule has 7 nitrogen and oxygen atoms in total. The third-order valence-corrected chi connectivity index (χ3v) is 6.60. The first-order chi connectivity index (χ1) is 13.4. The number of carbonyl (C=O) groups excluding carboxylic acids is 1. The van der Waals surface area contributed by atoms with E-state index in [1.807, 2.05) is 0 Å². The molecule has 0 bridgehead atoms. The number of benzene rings is 2. The van der Waals surface area contributed by atoms with E-state index in [2.05, 4.69) is 5.32 Å².